The van der Waals surface area contributed by atoms with Crippen molar-refractivity contribution < 1.29 is 28.2 Å². The minimum atomic E-state index is -1.83. The normalized spacial score (nSPS) is 17.5. The molecule has 0 radical (unpaired) electrons. The Balaban J connectivity index is 1.82. The highest BCUT2D eigenvalue weighted by Crippen LogP contribution is 2.36. The lowest BCUT2D eigenvalue weighted by Crippen LogP contribution is -2.40. The van der Waals surface area contributed by atoms with Crippen LogP contribution in [-0.2, 0) is 31.6 Å². The molecule has 2 heterocycles. The summed E-state index contributed by atoms with van der Waals surface area (Å²) in [5.74, 6) is 0.493. The predicted molar refractivity (Wildman–Crippen MR) is 195 cm³/mol. The minimum Gasteiger partial charge on any atom is -0.444 e. The quantitative estimate of drug-likeness (QED) is 0.173. The highest BCUT2D eigenvalue weighted by atomic mass is 28.4. The zero-order valence-electron chi connectivity index (χ0n) is 31.4. The van der Waals surface area contributed by atoms with Crippen molar-refractivity contribution in [2.45, 2.75) is 118 Å². The Kier molecular flexibility index (Phi) is 13.1. The van der Waals surface area contributed by atoms with Crippen molar-refractivity contribution in [3.8, 4) is 0 Å². The first-order valence-electron chi connectivity index (χ1n) is 17.0. The number of hydrogen-bond acceptors (Lipinski definition) is 7. The standard InChI is InChI=1S/C38H59N3O6Si/c1-28-22-31(39-33(23-28)41(35(43)47-37(5,6)7)25-29-18-14-13-15-19-29)24-30-26-40(34(42)46-36(2,3)4)27-32(30)44-20-16-17-21-45-48(11,12)38(8,9)10/h13-19,22-23,30,32H,20-21,24-27H2,1-12H3/b17-16-/t30-,32+/m1/s1. The van der Waals surface area contributed by atoms with Gasteiger partial charge in [0.2, 0.25) is 0 Å². The van der Waals surface area contributed by atoms with Gasteiger partial charge in [0.05, 0.1) is 32.4 Å². The lowest BCUT2D eigenvalue weighted by molar-refractivity contribution is 0.0225. The molecule has 1 saturated heterocycles. The number of pyridine rings is 1. The molecule has 2 amide bonds. The Morgan fingerprint density at radius 3 is 2.15 bits per heavy atom. The molecular formula is C38H59N3O6Si. The van der Waals surface area contributed by atoms with Gasteiger partial charge in [-0.2, -0.15) is 0 Å². The van der Waals surface area contributed by atoms with Crippen molar-refractivity contribution in [3.05, 3.63) is 71.4 Å². The van der Waals surface area contributed by atoms with Crippen LogP contribution in [0.3, 0.4) is 0 Å². The third kappa shape index (κ3) is 12.3. The summed E-state index contributed by atoms with van der Waals surface area (Å²) < 4.78 is 24.2. The van der Waals surface area contributed by atoms with Gasteiger partial charge >= 0.3 is 12.2 Å². The third-order valence-corrected chi connectivity index (χ3v) is 13.0. The number of benzene rings is 1. The second-order valence-corrected chi connectivity index (χ2v) is 21.1. The fourth-order valence-electron chi connectivity index (χ4n) is 5.04. The maximum atomic E-state index is 13.5. The van der Waals surface area contributed by atoms with Gasteiger partial charge in [0.15, 0.2) is 8.32 Å². The molecule has 9 nitrogen and oxygen atoms in total. The van der Waals surface area contributed by atoms with Crippen LogP contribution in [0.4, 0.5) is 15.4 Å². The molecule has 2 atom stereocenters. The van der Waals surface area contributed by atoms with Crippen molar-refractivity contribution in [2.24, 2.45) is 5.92 Å². The summed E-state index contributed by atoms with van der Waals surface area (Å²) in [4.78, 5) is 34.9. The monoisotopic (exact) mass is 681 g/mol. The van der Waals surface area contributed by atoms with Gasteiger partial charge in [-0.1, -0.05) is 63.3 Å². The number of carbonyl (C=O) groups excluding carboxylic acids is 2. The van der Waals surface area contributed by atoms with E-state index in [0.717, 1.165) is 16.8 Å². The number of likely N-dealkylation sites (tertiary alicyclic amines) is 1. The van der Waals surface area contributed by atoms with Crippen molar-refractivity contribution in [3.63, 3.8) is 0 Å². The van der Waals surface area contributed by atoms with E-state index in [1.165, 1.54) is 0 Å². The van der Waals surface area contributed by atoms with Crippen LogP contribution in [0.15, 0.2) is 54.6 Å². The summed E-state index contributed by atoms with van der Waals surface area (Å²) in [5.41, 5.74) is 1.49. The number of nitrogens with zero attached hydrogens (tertiary/aromatic N) is 3. The average molecular weight is 682 g/mol. The molecule has 1 fully saturated rings. The van der Waals surface area contributed by atoms with E-state index in [1.807, 2.05) is 103 Å². The molecule has 1 aliphatic heterocycles. The number of carbonyl (C=O) groups is 2. The summed E-state index contributed by atoms with van der Waals surface area (Å²) >= 11 is 0. The molecule has 0 spiro atoms. The maximum Gasteiger partial charge on any atom is 0.416 e. The van der Waals surface area contributed by atoms with E-state index in [2.05, 4.69) is 33.9 Å². The first kappa shape index (κ1) is 39.2. The fourth-order valence-corrected chi connectivity index (χ4v) is 5.99. The number of amides is 2. The minimum absolute atomic E-state index is 0.0272. The summed E-state index contributed by atoms with van der Waals surface area (Å²) in [6.45, 7) is 26.5. The van der Waals surface area contributed by atoms with Gasteiger partial charge in [0, 0.05) is 18.2 Å². The zero-order chi connectivity index (χ0) is 35.9. The number of anilines is 1. The molecule has 10 heteroatoms. The van der Waals surface area contributed by atoms with Crippen molar-refractivity contribution in [1.82, 2.24) is 9.88 Å². The molecule has 0 unspecified atom stereocenters. The molecule has 1 aromatic heterocycles. The summed E-state index contributed by atoms with van der Waals surface area (Å²) in [7, 11) is -1.83. The molecule has 1 aromatic carbocycles. The van der Waals surface area contributed by atoms with E-state index in [4.69, 9.17) is 23.6 Å². The molecule has 0 saturated carbocycles. The molecule has 1 aliphatic rings. The van der Waals surface area contributed by atoms with E-state index in [1.54, 1.807) is 9.80 Å². The van der Waals surface area contributed by atoms with Gasteiger partial charge in [-0.3, -0.25) is 4.90 Å². The van der Waals surface area contributed by atoms with Crippen LogP contribution in [-0.4, -0.2) is 74.0 Å². The van der Waals surface area contributed by atoms with Crippen LogP contribution in [0, 0.1) is 12.8 Å². The first-order valence-corrected chi connectivity index (χ1v) is 19.9. The number of aromatic nitrogens is 1. The maximum absolute atomic E-state index is 13.5. The average Bonchev–Trinajstić information content (AvgIpc) is 3.33. The molecule has 2 aromatic rings. The fraction of sp³-hybridized carbons (Fsp3) is 0.605. The molecule has 3 rings (SSSR count). The largest absolute Gasteiger partial charge is 0.444 e. The van der Waals surface area contributed by atoms with E-state index in [9.17, 15) is 9.59 Å². The molecule has 0 bridgehead atoms. The Morgan fingerprint density at radius 1 is 0.917 bits per heavy atom. The summed E-state index contributed by atoms with van der Waals surface area (Å²) in [5, 5.41) is 0.148. The van der Waals surface area contributed by atoms with E-state index < -0.39 is 25.6 Å². The Morgan fingerprint density at radius 2 is 1.54 bits per heavy atom. The Labute approximate surface area is 290 Å². The van der Waals surface area contributed by atoms with Gasteiger partial charge in [-0.05, 0) is 96.3 Å². The van der Waals surface area contributed by atoms with E-state index in [0.29, 0.717) is 45.1 Å². The van der Waals surface area contributed by atoms with Crippen LogP contribution in [0.5, 0.6) is 0 Å². The van der Waals surface area contributed by atoms with Crippen LogP contribution in [0.25, 0.3) is 0 Å². The predicted octanol–water partition coefficient (Wildman–Crippen LogP) is 8.70. The first-order chi connectivity index (χ1) is 22.1. The van der Waals surface area contributed by atoms with Gasteiger partial charge in [0.1, 0.15) is 17.0 Å². The van der Waals surface area contributed by atoms with Crippen molar-refractivity contribution in [1.29, 1.82) is 0 Å². The lowest BCUT2D eigenvalue weighted by atomic mass is 9.98. The van der Waals surface area contributed by atoms with Gasteiger partial charge in [-0.25, -0.2) is 14.6 Å². The summed E-state index contributed by atoms with van der Waals surface area (Å²) in [6.07, 6.45) is 3.53. The van der Waals surface area contributed by atoms with Crippen LogP contribution < -0.4 is 4.90 Å². The lowest BCUT2D eigenvalue weighted by Gasteiger charge is -2.35. The van der Waals surface area contributed by atoms with E-state index >= 15 is 0 Å². The number of rotatable bonds is 11. The van der Waals surface area contributed by atoms with Crippen LogP contribution in [0.2, 0.25) is 18.1 Å². The second-order valence-electron chi connectivity index (χ2n) is 16.3. The summed E-state index contributed by atoms with van der Waals surface area (Å²) in [6, 6.07) is 13.7. The van der Waals surface area contributed by atoms with Crippen molar-refractivity contribution >= 4 is 26.3 Å². The highest BCUT2D eigenvalue weighted by molar-refractivity contribution is 6.74. The number of aryl methyl sites for hydroxylation is 1. The van der Waals surface area contributed by atoms with E-state index in [-0.39, 0.29) is 23.2 Å². The molecule has 0 aliphatic carbocycles. The molecule has 266 valence electrons. The van der Waals surface area contributed by atoms with Gasteiger partial charge < -0.3 is 23.5 Å². The van der Waals surface area contributed by atoms with Crippen molar-refractivity contribution in [2.75, 3.05) is 31.2 Å². The SMILES string of the molecule is Cc1cc(C[C@@H]2CN(C(=O)OC(C)(C)C)C[C@@H]2OC/C=C\CO[Si](C)(C)C(C)(C)C)nc(N(Cc2ccccc2)C(=O)OC(C)(C)C)c1. The Bertz CT molecular complexity index is 1390. The topological polar surface area (TPSA) is 90.4 Å². The second kappa shape index (κ2) is 16.0. The highest BCUT2D eigenvalue weighted by Gasteiger charge is 2.39. The number of ether oxygens (including phenoxy) is 3. The molecular weight excluding hydrogens is 623 g/mol. The smallest absolute Gasteiger partial charge is 0.416 e. The van der Waals surface area contributed by atoms with Crippen LogP contribution in [0.1, 0.15) is 79.1 Å². The molecule has 0 N–H and O–H groups in total. The third-order valence-electron chi connectivity index (χ3n) is 8.51. The van der Waals surface area contributed by atoms with Gasteiger partial charge in [0.25, 0.3) is 0 Å². The Hall–Kier alpha value is -3.21. The number of hydrogen-bond donors (Lipinski definition) is 0. The van der Waals surface area contributed by atoms with Gasteiger partial charge in [-0.15, -0.1) is 0 Å². The zero-order valence-corrected chi connectivity index (χ0v) is 32.4. The van der Waals surface area contributed by atoms with Crippen LogP contribution >= 0.6 is 0 Å². The molecule has 48 heavy (non-hydrogen) atoms.